The van der Waals surface area contributed by atoms with Crippen molar-refractivity contribution in [3.8, 4) is 23.3 Å². The number of alkyl halides is 2. The van der Waals surface area contributed by atoms with E-state index in [2.05, 4.69) is 47.8 Å². The standard InChI is InChI=1S/C44H48F2N10O5/c1-53-36-20-27(8-11-34(36)56(44(53)60)35-12-13-38(57)51-42(35)59)3-2-26-15-18-54(19-16-26)23-29-6-9-31(10-7-29)55-24-32(39(52-55)40(45)46)49-41(58)33-25-61-43(50-33)30-14-17-47-37(21-30)48-22-28-4-5-28/h8,11,14,17,20-21,24-26,28-29,31,35,40H,4-7,9-10,12-13,15-16,18-19,22-23H2,1H3,(H,47,48)(H,49,58)(H,51,57,59). The topological polar surface area (TPSA) is 174 Å². The van der Waals surface area contributed by atoms with Crippen LogP contribution in [0.5, 0.6) is 0 Å². The lowest BCUT2D eigenvalue weighted by Crippen LogP contribution is -2.44. The number of fused-ring (bicyclic) bond motifs is 1. The van der Waals surface area contributed by atoms with Crippen LogP contribution in [-0.2, 0) is 16.6 Å². The molecular weight excluding hydrogens is 787 g/mol. The Morgan fingerprint density at radius 1 is 0.984 bits per heavy atom. The summed E-state index contributed by atoms with van der Waals surface area (Å²) in [5.41, 5.74) is 1.91. The Labute approximate surface area is 350 Å². The van der Waals surface area contributed by atoms with Crippen LogP contribution in [0, 0.1) is 29.6 Å². The van der Waals surface area contributed by atoms with Gasteiger partial charge in [-0.15, -0.1) is 0 Å². The molecule has 9 rings (SSSR count). The van der Waals surface area contributed by atoms with Crippen LogP contribution in [0.15, 0.2) is 58.2 Å². The van der Waals surface area contributed by atoms with E-state index in [0.29, 0.717) is 34.3 Å². The van der Waals surface area contributed by atoms with Crippen molar-refractivity contribution >= 4 is 40.3 Å². The first-order valence-corrected chi connectivity index (χ1v) is 21.2. The van der Waals surface area contributed by atoms with Crippen molar-refractivity contribution in [2.75, 3.05) is 36.8 Å². The van der Waals surface area contributed by atoms with E-state index >= 15 is 0 Å². The fourth-order valence-electron chi connectivity index (χ4n) is 8.85. The number of carbonyl (C=O) groups excluding carboxylic acids is 3. The molecule has 17 heteroatoms. The van der Waals surface area contributed by atoms with Gasteiger partial charge in [-0.3, -0.25) is 33.5 Å². The van der Waals surface area contributed by atoms with Gasteiger partial charge in [0.05, 0.1) is 22.8 Å². The van der Waals surface area contributed by atoms with Gasteiger partial charge in [0.1, 0.15) is 18.1 Å². The van der Waals surface area contributed by atoms with Crippen LogP contribution in [0.4, 0.5) is 20.3 Å². The Hall–Kier alpha value is -6.15. The summed E-state index contributed by atoms with van der Waals surface area (Å²) in [4.78, 5) is 61.7. The molecule has 61 heavy (non-hydrogen) atoms. The van der Waals surface area contributed by atoms with E-state index in [4.69, 9.17) is 4.42 Å². The predicted molar refractivity (Wildman–Crippen MR) is 222 cm³/mol. The van der Waals surface area contributed by atoms with Crippen LogP contribution in [-0.4, -0.2) is 77.7 Å². The zero-order valence-corrected chi connectivity index (χ0v) is 33.9. The summed E-state index contributed by atoms with van der Waals surface area (Å²) in [6.45, 7) is 3.70. The summed E-state index contributed by atoms with van der Waals surface area (Å²) in [5.74, 6) is 7.63. The quantitative estimate of drug-likeness (QED) is 0.105. The zero-order valence-electron chi connectivity index (χ0n) is 33.9. The number of nitrogens with zero attached hydrogens (tertiary/aromatic N) is 7. The lowest BCUT2D eigenvalue weighted by Gasteiger charge is -2.35. The molecular formula is C44H48F2N10O5. The van der Waals surface area contributed by atoms with Crippen molar-refractivity contribution in [3.05, 3.63) is 76.4 Å². The number of piperidine rings is 2. The number of nitrogens with one attached hydrogen (secondary N) is 3. The van der Waals surface area contributed by atoms with E-state index in [0.717, 1.165) is 70.3 Å². The minimum Gasteiger partial charge on any atom is -0.444 e. The number of aromatic nitrogens is 6. The van der Waals surface area contributed by atoms with Crippen molar-refractivity contribution < 1.29 is 27.6 Å². The lowest BCUT2D eigenvalue weighted by molar-refractivity contribution is -0.135. The summed E-state index contributed by atoms with van der Waals surface area (Å²) in [6, 6.07) is 8.33. The summed E-state index contributed by atoms with van der Waals surface area (Å²) < 4.78 is 38.5. The number of oxazole rings is 1. The smallest absolute Gasteiger partial charge is 0.329 e. The van der Waals surface area contributed by atoms with Gasteiger partial charge in [0.2, 0.25) is 17.7 Å². The van der Waals surface area contributed by atoms with Crippen LogP contribution in [0.3, 0.4) is 0 Å². The Kier molecular flexibility index (Phi) is 11.3. The van der Waals surface area contributed by atoms with Crippen molar-refractivity contribution in [2.24, 2.45) is 24.8 Å². The van der Waals surface area contributed by atoms with E-state index in [1.807, 2.05) is 18.2 Å². The molecule has 4 aromatic heterocycles. The number of imide groups is 1. The van der Waals surface area contributed by atoms with E-state index in [9.17, 15) is 28.0 Å². The largest absolute Gasteiger partial charge is 0.444 e. The van der Waals surface area contributed by atoms with Gasteiger partial charge in [-0.2, -0.15) is 5.10 Å². The molecule has 1 aromatic carbocycles. The van der Waals surface area contributed by atoms with Crippen LogP contribution in [0.1, 0.15) is 104 Å². The van der Waals surface area contributed by atoms with Gasteiger partial charge < -0.3 is 20.0 Å². The zero-order chi connectivity index (χ0) is 42.2. The molecule has 15 nitrogen and oxygen atoms in total. The van der Waals surface area contributed by atoms with Crippen molar-refractivity contribution in [1.82, 2.24) is 39.1 Å². The molecule has 1 atom stereocenters. The first kappa shape index (κ1) is 40.3. The number of aryl methyl sites for hydroxylation is 1. The third kappa shape index (κ3) is 8.86. The Morgan fingerprint density at radius 3 is 2.52 bits per heavy atom. The highest BCUT2D eigenvalue weighted by molar-refractivity contribution is 6.03. The number of likely N-dealkylation sites (tertiary alicyclic amines) is 1. The highest BCUT2D eigenvalue weighted by Gasteiger charge is 2.32. The maximum absolute atomic E-state index is 14.2. The Bertz CT molecular complexity index is 2580. The maximum Gasteiger partial charge on any atom is 0.329 e. The van der Waals surface area contributed by atoms with Crippen LogP contribution in [0.25, 0.3) is 22.5 Å². The number of rotatable bonds is 11. The second-order valence-electron chi connectivity index (χ2n) is 16.9. The van der Waals surface area contributed by atoms with Crippen LogP contribution < -0.4 is 21.6 Å². The predicted octanol–water partition coefficient (Wildman–Crippen LogP) is 6.07. The monoisotopic (exact) mass is 834 g/mol. The second kappa shape index (κ2) is 17.1. The Balaban J connectivity index is 0.755. The molecule has 0 bridgehead atoms. The van der Waals surface area contributed by atoms with Gasteiger partial charge in [-0.25, -0.2) is 23.5 Å². The summed E-state index contributed by atoms with van der Waals surface area (Å²) >= 11 is 0. The SMILES string of the molecule is Cn1c(=O)n(C2CCC(=O)NC2=O)c2ccc(C#CC3CCN(CC4CCC(n5cc(NC(=O)c6coc(-c7ccnc(NCC8CC8)c7)n6)c(C(F)F)n5)CC4)CC3)cc21. The number of amides is 3. The van der Waals surface area contributed by atoms with Crippen molar-refractivity contribution in [2.45, 2.75) is 82.7 Å². The van der Waals surface area contributed by atoms with E-state index in [-0.39, 0.29) is 53.7 Å². The third-order valence-electron chi connectivity index (χ3n) is 12.6. The summed E-state index contributed by atoms with van der Waals surface area (Å²) in [5, 5.41) is 12.5. The lowest BCUT2D eigenvalue weighted by atomic mass is 9.85. The number of hydrogen-bond acceptors (Lipinski definition) is 10. The number of pyridine rings is 1. The average molecular weight is 835 g/mol. The van der Waals surface area contributed by atoms with Crippen LogP contribution >= 0.6 is 0 Å². The minimum atomic E-state index is -2.87. The number of hydrogen-bond donors (Lipinski definition) is 3. The average Bonchev–Trinajstić information content (AvgIpc) is 3.68. The molecule has 5 aromatic rings. The number of benzene rings is 1. The van der Waals surface area contributed by atoms with Crippen LogP contribution in [0.2, 0.25) is 0 Å². The molecule has 4 aliphatic rings. The minimum absolute atomic E-state index is 0.0312. The number of anilines is 2. The first-order valence-electron chi connectivity index (χ1n) is 21.2. The van der Waals surface area contributed by atoms with Gasteiger partial charge in [0, 0.05) is 56.0 Å². The molecule has 4 fully saturated rings. The van der Waals surface area contributed by atoms with E-state index < -0.39 is 30.0 Å². The molecule has 6 heterocycles. The van der Waals surface area contributed by atoms with Gasteiger partial charge >= 0.3 is 5.69 Å². The molecule has 1 unspecified atom stereocenters. The molecule has 0 spiro atoms. The summed E-state index contributed by atoms with van der Waals surface area (Å²) in [6.07, 6.45) is 9.77. The van der Waals surface area contributed by atoms with E-state index in [1.165, 1.54) is 34.4 Å². The molecule has 2 aliphatic heterocycles. The normalized spacial score (nSPS) is 21.3. The molecule has 2 saturated carbocycles. The highest BCUT2D eigenvalue weighted by Crippen LogP contribution is 2.36. The molecule has 0 radical (unpaired) electrons. The Morgan fingerprint density at radius 2 is 1.77 bits per heavy atom. The van der Waals surface area contributed by atoms with Gasteiger partial charge in [0.15, 0.2) is 11.4 Å². The molecule has 318 valence electrons. The number of imidazole rings is 1. The van der Waals surface area contributed by atoms with Gasteiger partial charge in [-0.1, -0.05) is 11.8 Å². The van der Waals surface area contributed by atoms with Gasteiger partial charge in [-0.05, 0) is 113 Å². The molecule has 3 N–H and O–H groups in total. The van der Waals surface area contributed by atoms with E-state index in [1.54, 1.807) is 30.1 Å². The third-order valence-corrected chi connectivity index (χ3v) is 12.6. The molecule has 2 aliphatic carbocycles. The van der Waals surface area contributed by atoms with Crippen molar-refractivity contribution in [1.29, 1.82) is 0 Å². The molecule has 2 saturated heterocycles. The van der Waals surface area contributed by atoms with Crippen molar-refractivity contribution in [3.63, 3.8) is 0 Å². The van der Waals surface area contributed by atoms with Gasteiger partial charge in [0.25, 0.3) is 12.3 Å². The summed E-state index contributed by atoms with van der Waals surface area (Å²) in [7, 11) is 1.68. The first-order chi connectivity index (χ1) is 29.6. The number of halogens is 2. The molecule has 3 amide bonds. The second-order valence-corrected chi connectivity index (χ2v) is 16.9. The maximum atomic E-state index is 14.2. The fraction of sp³-hybridized carbons (Fsp3) is 0.477. The highest BCUT2D eigenvalue weighted by atomic mass is 19.3. The number of carbonyl (C=O) groups is 3. The fourth-order valence-corrected chi connectivity index (χ4v) is 8.85.